The van der Waals surface area contributed by atoms with Crippen molar-refractivity contribution in [1.82, 2.24) is 10.1 Å². The minimum atomic E-state index is -1.05. The maximum Gasteiger partial charge on any atom is 0.312 e. The SMILES string of the molecule is O=C(O)Cc1nc(Cc2ccccc2F)no1. The Morgan fingerprint density at radius 1 is 1.41 bits per heavy atom. The van der Waals surface area contributed by atoms with Gasteiger partial charge in [0.05, 0.1) is 0 Å². The summed E-state index contributed by atoms with van der Waals surface area (Å²) in [5.41, 5.74) is 0.440. The van der Waals surface area contributed by atoms with Gasteiger partial charge in [-0.05, 0) is 11.6 Å². The van der Waals surface area contributed by atoms with Gasteiger partial charge in [0.1, 0.15) is 12.2 Å². The van der Waals surface area contributed by atoms with Gasteiger partial charge in [-0.1, -0.05) is 23.4 Å². The van der Waals surface area contributed by atoms with Crippen LogP contribution in [0.25, 0.3) is 0 Å². The van der Waals surface area contributed by atoms with Crippen LogP contribution < -0.4 is 0 Å². The second kappa shape index (κ2) is 4.73. The molecule has 0 aliphatic carbocycles. The van der Waals surface area contributed by atoms with E-state index in [9.17, 15) is 9.18 Å². The van der Waals surface area contributed by atoms with E-state index in [0.29, 0.717) is 5.56 Å². The number of halogens is 1. The lowest BCUT2D eigenvalue weighted by molar-refractivity contribution is -0.136. The molecule has 0 aliphatic heterocycles. The lowest BCUT2D eigenvalue weighted by atomic mass is 10.1. The van der Waals surface area contributed by atoms with Crippen LogP contribution in [0.5, 0.6) is 0 Å². The smallest absolute Gasteiger partial charge is 0.312 e. The van der Waals surface area contributed by atoms with Gasteiger partial charge in [0, 0.05) is 6.42 Å². The highest BCUT2D eigenvalue weighted by molar-refractivity contribution is 5.68. The molecular weight excluding hydrogens is 227 g/mol. The molecule has 17 heavy (non-hydrogen) atoms. The highest BCUT2D eigenvalue weighted by atomic mass is 19.1. The molecule has 88 valence electrons. The Hall–Kier alpha value is -2.24. The Kier molecular flexibility index (Phi) is 3.13. The van der Waals surface area contributed by atoms with Gasteiger partial charge in [-0.2, -0.15) is 4.98 Å². The summed E-state index contributed by atoms with van der Waals surface area (Å²) in [5, 5.41) is 12.1. The van der Waals surface area contributed by atoms with Gasteiger partial charge in [0.15, 0.2) is 5.82 Å². The van der Waals surface area contributed by atoms with Crippen molar-refractivity contribution < 1.29 is 18.8 Å². The molecule has 1 heterocycles. The van der Waals surface area contributed by atoms with Gasteiger partial charge in [-0.3, -0.25) is 4.79 Å². The zero-order valence-electron chi connectivity index (χ0n) is 8.76. The molecular formula is C11H9FN2O3. The summed E-state index contributed by atoms with van der Waals surface area (Å²) in [7, 11) is 0. The predicted molar refractivity (Wildman–Crippen MR) is 54.8 cm³/mol. The number of carbonyl (C=O) groups is 1. The van der Waals surface area contributed by atoms with Crippen LogP contribution in [0.4, 0.5) is 4.39 Å². The summed E-state index contributed by atoms with van der Waals surface area (Å²) in [5.74, 6) is -1.11. The van der Waals surface area contributed by atoms with Crippen molar-refractivity contribution in [3.63, 3.8) is 0 Å². The van der Waals surface area contributed by atoms with Crippen LogP contribution in [0, 0.1) is 5.82 Å². The van der Waals surface area contributed by atoms with Crippen LogP contribution in [0.15, 0.2) is 28.8 Å². The van der Waals surface area contributed by atoms with Crippen molar-refractivity contribution in [2.24, 2.45) is 0 Å². The van der Waals surface area contributed by atoms with Gasteiger partial charge >= 0.3 is 5.97 Å². The van der Waals surface area contributed by atoms with Gasteiger partial charge in [0.25, 0.3) is 0 Å². The molecule has 0 amide bonds. The molecule has 0 aliphatic rings. The molecule has 0 saturated carbocycles. The first-order chi connectivity index (χ1) is 8.15. The second-order valence-electron chi connectivity index (χ2n) is 3.44. The zero-order valence-corrected chi connectivity index (χ0v) is 8.76. The van der Waals surface area contributed by atoms with Gasteiger partial charge in [-0.25, -0.2) is 4.39 Å². The van der Waals surface area contributed by atoms with Crippen molar-refractivity contribution >= 4 is 5.97 Å². The minimum Gasteiger partial charge on any atom is -0.481 e. The number of carboxylic acid groups (broad SMARTS) is 1. The van der Waals surface area contributed by atoms with E-state index in [0.717, 1.165) is 0 Å². The van der Waals surface area contributed by atoms with Crippen molar-refractivity contribution in [2.45, 2.75) is 12.8 Å². The number of hydrogen-bond acceptors (Lipinski definition) is 4. The first-order valence-corrected chi connectivity index (χ1v) is 4.92. The van der Waals surface area contributed by atoms with Crippen LogP contribution in [0.3, 0.4) is 0 Å². The number of benzene rings is 1. The van der Waals surface area contributed by atoms with E-state index in [-0.39, 0.29) is 30.4 Å². The van der Waals surface area contributed by atoms with Gasteiger partial charge in [-0.15, -0.1) is 0 Å². The van der Waals surface area contributed by atoms with Gasteiger partial charge < -0.3 is 9.63 Å². The van der Waals surface area contributed by atoms with Crippen LogP contribution in [-0.4, -0.2) is 21.2 Å². The highest BCUT2D eigenvalue weighted by Crippen LogP contribution is 2.11. The molecule has 0 spiro atoms. The standard InChI is InChI=1S/C11H9FN2O3/c12-8-4-2-1-3-7(8)5-9-13-10(17-14-9)6-11(15)16/h1-4H,5-6H2,(H,15,16). The first kappa shape index (κ1) is 11.3. The Balaban J connectivity index is 2.12. The highest BCUT2D eigenvalue weighted by Gasteiger charge is 2.11. The molecule has 1 aromatic carbocycles. The molecule has 0 radical (unpaired) electrons. The molecule has 1 N–H and O–H groups in total. The fourth-order valence-corrected chi connectivity index (χ4v) is 1.38. The lowest BCUT2D eigenvalue weighted by Crippen LogP contribution is -2.00. The third-order valence-electron chi connectivity index (χ3n) is 2.12. The van der Waals surface area contributed by atoms with E-state index in [4.69, 9.17) is 9.63 Å². The van der Waals surface area contributed by atoms with Crippen LogP contribution >= 0.6 is 0 Å². The maximum atomic E-state index is 13.3. The van der Waals surface area contributed by atoms with E-state index in [2.05, 4.69) is 10.1 Å². The first-order valence-electron chi connectivity index (χ1n) is 4.92. The number of rotatable bonds is 4. The average molecular weight is 236 g/mol. The second-order valence-corrected chi connectivity index (χ2v) is 3.44. The number of nitrogens with zero attached hydrogens (tertiary/aromatic N) is 2. The summed E-state index contributed by atoms with van der Waals surface area (Å²) in [6.45, 7) is 0. The molecule has 0 saturated heterocycles. The molecule has 0 fully saturated rings. The van der Waals surface area contributed by atoms with E-state index in [1.165, 1.54) is 6.07 Å². The van der Waals surface area contributed by atoms with E-state index in [1.54, 1.807) is 18.2 Å². The lowest BCUT2D eigenvalue weighted by Gasteiger charge is -1.97. The third-order valence-corrected chi connectivity index (χ3v) is 2.12. The summed E-state index contributed by atoms with van der Waals surface area (Å²) in [6.07, 6.45) is -0.153. The van der Waals surface area contributed by atoms with E-state index >= 15 is 0 Å². The summed E-state index contributed by atoms with van der Waals surface area (Å²) < 4.78 is 18.0. The predicted octanol–water partition coefficient (Wildman–Crippen LogP) is 1.43. The fourth-order valence-electron chi connectivity index (χ4n) is 1.38. The van der Waals surface area contributed by atoms with E-state index in [1.807, 2.05) is 0 Å². The quantitative estimate of drug-likeness (QED) is 0.868. The Morgan fingerprint density at radius 2 is 2.18 bits per heavy atom. The minimum absolute atomic E-state index is 0.0174. The van der Waals surface area contributed by atoms with Crippen LogP contribution in [-0.2, 0) is 17.6 Å². The molecule has 2 aromatic rings. The molecule has 5 nitrogen and oxygen atoms in total. The Bertz CT molecular complexity index is 539. The Labute approximate surface area is 95.9 Å². The molecule has 0 atom stereocenters. The fraction of sp³-hybridized carbons (Fsp3) is 0.182. The molecule has 6 heteroatoms. The topological polar surface area (TPSA) is 76.2 Å². The van der Waals surface area contributed by atoms with Crippen LogP contribution in [0.2, 0.25) is 0 Å². The Morgan fingerprint density at radius 3 is 2.88 bits per heavy atom. The monoisotopic (exact) mass is 236 g/mol. The van der Waals surface area contributed by atoms with Crippen molar-refractivity contribution in [2.75, 3.05) is 0 Å². The number of carboxylic acids is 1. The van der Waals surface area contributed by atoms with Crippen molar-refractivity contribution in [3.8, 4) is 0 Å². The number of aliphatic carboxylic acids is 1. The maximum absolute atomic E-state index is 13.3. The largest absolute Gasteiger partial charge is 0.481 e. The summed E-state index contributed by atoms with van der Waals surface area (Å²) in [4.78, 5) is 14.3. The average Bonchev–Trinajstić information content (AvgIpc) is 2.68. The van der Waals surface area contributed by atoms with E-state index < -0.39 is 5.97 Å². The summed E-state index contributed by atoms with van der Waals surface area (Å²) in [6, 6.07) is 6.25. The molecule has 1 aromatic heterocycles. The van der Waals surface area contributed by atoms with Crippen LogP contribution in [0.1, 0.15) is 17.3 Å². The number of hydrogen-bond donors (Lipinski definition) is 1. The molecule has 0 unspecified atom stereocenters. The van der Waals surface area contributed by atoms with Crippen molar-refractivity contribution in [3.05, 3.63) is 47.4 Å². The van der Waals surface area contributed by atoms with Gasteiger partial charge in [0.2, 0.25) is 5.89 Å². The zero-order chi connectivity index (χ0) is 12.3. The van der Waals surface area contributed by atoms with Crippen molar-refractivity contribution in [1.29, 1.82) is 0 Å². The third kappa shape index (κ3) is 2.87. The molecule has 0 bridgehead atoms. The summed E-state index contributed by atoms with van der Waals surface area (Å²) >= 11 is 0. The molecule has 2 rings (SSSR count). The number of aromatic nitrogens is 2. The normalized spacial score (nSPS) is 10.4.